The first-order chi connectivity index (χ1) is 25.4. The third-order valence-corrected chi connectivity index (χ3v) is 10.3. The number of carbonyl (C=O) groups is 2. The number of nitrogens with zero attached hydrogens (tertiary/aromatic N) is 2. The third kappa shape index (κ3) is 31.4. The van der Waals surface area contributed by atoms with Gasteiger partial charge in [0, 0.05) is 25.6 Å². The van der Waals surface area contributed by atoms with E-state index in [-0.39, 0.29) is 11.9 Å². The van der Waals surface area contributed by atoms with E-state index in [2.05, 4.69) is 50.2 Å². The Morgan fingerprint density at radius 1 is 0.635 bits per heavy atom. The van der Waals surface area contributed by atoms with Crippen LogP contribution < -0.4 is 0 Å². The lowest BCUT2D eigenvalue weighted by molar-refractivity contribution is -0.143. The average molecular weight is 731 g/mol. The summed E-state index contributed by atoms with van der Waals surface area (Å²) in [6.45, 7) is 7.16. The Bertz CT molecular complexity index is 859. The SMILES string of the molecule is CCCCCC/C=C\COC(=O)CCCCCCCC(CCCCCCCC(=O)OC/C=C\CCCCCC)CO/N=C/CC1CC(CN(C)C)C1. The van der Waals surface area contributed by atoms with Gasteiger partial charge in [-0.05, 0) is 102 Å². The molecule has 0 heterocycles. The normalized spacial score (nSPS) is 16.1. The molecule has 7 heteroatoms. The highest BCUT2D eigenvalue weighted by atomic mass is 16.6. The van der Waals surface area contributed by atoms with Crippen molar-refractivity contribution in [2.45, 2.75) is 187 Å². The number of hydrogen-bond acceptors (Lipinski definition) is 7. The van der Waals surface area contributed by atoms with Gasteiger partial charge in [-0.25, -0.2) is 0 Å². The molecule has 0 radical (unpaired) electrons. The van der Waals surface area contributed by atoms with Crippen molar-refractivity contribution in [3.63, 3.8) is 0 Å². The maximum Gasteiger partial charge on any atom is 0.306 e. The molecule has 302 valence electrons. The van der Waals surface area contributed by atoms with Crippen molar-refractivity contribution >= 4 is 18.2 Å². The summed E-state index contributed by atoms with van der Waals surface area (Å²) < 4.78 is 10.7. The number of esters is 2. The van der Waals surface area contributed by atoms with Crippen LogP contribution in [0.3, 0.4) is 0 Å². The number of unbranched alkanes of at least 4 members (excludes halogenated alkanes) is 16. The van der Waals surface area contributed by atoms with Crippen molar-refractivity contribution in [1.82, 2.24) is 4.90 Å². The van der Waals surface area contributed by atoms with Crippen molar-refractivity contribution in [3.05, 3.63) is 24.3 Å². The van der Waals surface area contributed by atoms with Crippen molar-refractivity contribution in [1.29, 1.82) is 0 Å². The number of carbonyl (C=O) groups excluding carboxylic acids is 2. The molecule has 1 aliphatic rings. The number of ether oxygens (including phenoxy) is 2. The Balaban J connectivity index is 2.21. The average Bonchev–Trinajstić information content (AvgIpc) is 3.11. The third-order valence-electron chi connectivity index (χ3n) is 10.3. The molecule has 0 aromatic rings. The molecule has 1 aliphatic carbocycles. The summed E-state index contributed by atoms with van der Waals surface area (Å²) in [5.74, 6) is 1.98. The number of hydrogen-bond donors (Lipinski definition) is 0. The Morgan fingerprint density at radius 2 is 1.12 bits per heavy atom. The van der Waals surface area contributed by atoms with Crippen LogP contribution in [0, 0.1) is 17.8 Å². The van der Waals surface area contributed by atoms with E-state index in [9.17, 15) is 9.59 Å². The van der Waals surface area contributed by atoms with Gasteiger partial charge in [-0.3, -0.25) is 9.59 Å². The Kier molecular flexibility index (Phi) is 33.0. The topological polar surface area (TPSA) is 77.4 Å². The number of rotatable bonds is 37. The summed E-state index contributed by atoms with van der Waals surface area (Å²) in [5.41, 5.74) is 0. The highest BCUT2D eigenvalue weighted by Gasteiger charge is 2.28. The summed E-state index contributed by atoms with van der Waals surface area (Å²) in [7, 11) is 4.31. The maximum atomic E-state index is 12.0. The first-order valence-electron chi connectivity index (χ1n) is 21.8. The second-order valence-electron chi connectivity index (χ2n) is 15.8. The molecule has 0 unspecified atom stereocenters. The zero-order valence-corrected chi connectivity index (χ0v) is 34.5. The van der Waals surface area contributed by atoms with Crippen LogP contribution in [0.5, 0.6) is 0 Å². The molecule has 1 rings (SSSR count). The molecule has 52 heavy (non-hydrogen) atoms. The van der Waals surface area contributed by atoms with Crippen LogP contribution in [0.15, 0.2) is 29.5 Å². The van der Waals surface area contributed by atoms with Gasteiger partial charge >= 0.3 is 11.9 Å². The smallest absolute Gasteiger partial charge is 0.306 e. The Labute approximate surface area is 321 Å². The Hall–Kier alpha value is -2.15. The quantitative estimate of drug-likeness (QED) is 0.0208. The predicted octanol–water partition coefficient (Wildman–Crippen LogP) is 12.2. The largest absolute Gasteiger partial charge is 0.461 e. The van der Waals surface area contributed by atoms with E-state index < -0.39 is 0 Å². The van der Waals surface area contributed by atoms with Gasteiger partial charge in [0.2, 0.25) is 0 Å². The van der Waals surface area contributed by atoms with E-state index in [1.807, 2.05) is 18.4 Å². The summed E-state index contributed by atoms with van der Waals surface area (Å²) >= 11 is 0. The molecule has 0 atom stereocenters. The van der Waals surface area contributed by atoms with E-state index in [0.29, 0.717) is 38.6 Å². The predicted molar refractivity (Wildman–Crippen MR) is 220 cm³/mol. The molecule has 0 saturated heterocycles. The van der Waals surface area contributed by atoms with Crippen LogP contribution in [0.4, 0.5) is 0 Å². The first kappa shape index (κ1) is 47.9. The molecule has 1 fully saturated rings. The van der Waals surface area contributed by atoms with Crippen LogP contribution >= 0.6 is 0 Å². The van der Waals surface area contributed by atoms with Gasteiger partial charge < -0.3 is 19.2 Å². The van der Waals surface area contributed by atoms with Crippen molar-refractivity contribution in [2.24, 2.45) is 22.9 Å². The van der Waals surface area contributed by atoms with Gasteiger partial charge in [-0.2, -0.15) is 0 Å². The van der Waals surface area contributed by atoms with Gasteiger partial charge in [-0.15, -0.1) is 0 Å². The molecule has 0 aromatic carbocycles. The van der Waals surface area contributed by atoms with Crippen molar-refractivity contribution in [2.75, 3.05) is 40.5 Å². The van der Waals surface area contributed by atoms with E-state index in [0.717, 1.165) is 82.5 Å². The standard InChI is InChI=1S/C45H82N2O5/c1-5-7-9-11-13-21-27-35-50-44(48)31-25-19-15-17-23-29-41(40-52-46-34-33-42-37-43(38-42)39-47(3)4)30-24-18-16-20-26-32-45(49)51-36-28-22-14-12-10-8-6-2/h21-22,27-28,34,41-43H,5-20,23-26,29-33,35-40H2,1-4H3/b27-21-,28-22-,46-34+. The van der Waals surface area contributed by atoms with Gasteiger partial charge in [0.15, 0.2) is 0 Å². The molecule has 0 aliphatic heterocycles. The minimum atomic E-state index is -0.0738. The van der Waals surface area contributed by atoms with E-state index in [1.165, 1.54) is 96.4 Å². The summed E-state index contributed by atoms with van der Waals surface area (Å²) in [4.78, 5) is 32.2. The van der Waals surface area contributed by atoms with Gasteiger partial charge in [0.1, 0.15) is 19.8 Å². The van der Waals surface area contributed by atoms with Gasteiger partial charge in [-0.1, -0.05) is 133 Å². The van der Waals surface area contributed by atoms with Crippen molar-refractivity contribution in [3.8, 4) is 0 Å². The number of allylic oxidation sites excluding steroid dienone is 2. The molecule has 7 nitrogen and oxygen atoms in total. The second kappa shape index (κ2) is 35.9. The van der Waals surface area contributed by atoms with Crippen LogP contribution in [0.2, 0.25) is 0 Å². The van der Waals surface area contributed by atoms with Crippen LogP contribution in [-0.2, 0) is 23.9 Å². The highest BCUT2D eigenvalue weighted by molar-refractivity contribution is 5.69. The molecular formula is C45H82N2O5. The van der Waals surface area contributed by atoms with Crippen LogP contribution in [0.1, 0.15) is 187 Å². The van der Waals surface area contributed by atoms with E-state index in [1.54, 1.807) is 0 Å². The van der Waals surface area contributed by atoms with E-state index >= 15 is 0 Å². The fourth-order valence-corrected chi connectivity index (χ4v) is 7.08. The van der Waals surface area contributed by atoms with Gasteiger partial charge in [0.25, 0.3) is 0 Å². The lowest BCUT2D eigenvalue weighted by Gasteiger charge is -2.36. The lowest BCUT2D eigenvalue weighted by Crippen LogP contribution is -2.32. The zero-order chi connectivity index (χ0) is 37.7. The molecule has 0 aromatic heterocycles. The minimum Gasteiger partial charge on any atom is -0.461 e. The van der Waals surface area contributed by atoms with Crippen LogP contribution in [0.25, 0.3) is 0 Å². The summed E-state index contributed by atoms with van der Waals surface area (Å²) in [5, 5.41) is 4.35. The second-order valence-corrected chi connectivity index (χ2v) is 15.8. The first-order valence-corrected chi connectivity index (χ1v) is 21.8. The fraction of sp³-hybridized carbons (Fsp3) is 0.844. The maximum absolute atomic E-state index is 12.0. The van der Waals surface area contributed by atoms with Gasteiger partial charge in [0.05, 0.1) is 0 Å². The molecule has 1 saturated carbocycles. The van der Waals surface area contributed by atoms with Crippen LogP contribution in [-0.4, -0.2) is 63.5 Å². The minimum absolute atomic E-state index is 0.0738. The highest BCUT2D eigenvalue weighted by Crippen LogP contribution is 2.35. The molecular weight excluding hydrogens is 649 g/mol. The lowest BCUT2D eigenvalue weighted by atomic mass is 9.73. The molecule has 0 amide bonds. The monoisotopic (exact) mass is 731 g/mol. The molecule has 0 bridgehead atoms. The zero-order valence-electron chi connectivity index (χ0n) is 34.5. The summed E-state index contributed by atoms with van der Waals surface area (Å²) in [6, 6.07) is 0. The number of oxime groups is 1. The Morgan fingerprint density at radius 3 is 1.62 bits per heavy atom. The summed E-state index contributed by atoms with van der Waals surface area (Å²) in [6.07, 6.45) is 40.6. The van der Waals surface area contributed by atoms with E-state index in [4.69, 9.17) is 14.3 Å². The fourth-order valence-electron chi connectivity index (χ4n) is 7.08. The molecule has 0 spiro atoms. The molecule has 0 N–H and O–H groups in total. The van der Waals surface area contributed by atoms with Crippen molar-refractivity contribution < 1.29 is 23.9 Å².